The van der Waals surface area contributed by atoms with Crippen LogP contribution in [0.4, 0.5) is 5.95 Å². The number of aryl methyl sites for hydroxylation is 1. The van der Waals surface area contributed by atoms with Crippen molar-refractivity contribution in [3.63, 3.8) is 0 Å². The molecule has 0 radical (unpaired) electrons. The van der Waals surface area contributed by atoms with Crippen molar-refractivity contribution in [2.45, 2.75) is 32.5 Å². The van der Waals surface area contributed by atoms with Crippen molar-refractivity contribution in [2.75, 3.05) is 39.2 Å². The van der Waals surface area contributed by atoms with Gasteiger partial charge in [0.15, 0.2) is 0 Å². The maximum absolute atomic E-state index is 12.8. The van der Waals surface area contributed by atoms with Crippen LogP contribution in [0.3, 0.4) is 0 Å². The molecule has 1 aliphatic rings. The average molecular weight is 308 g/mol. The van der Waals surface area contributed by atoms with E-state index in [4.69, 9.17) is 9.47 Å². The van der Waals surface area contributed by atoms with E-state index in [1.54, 1.807) is 25.1 Å². The minimum absolute atomic E-state index is 0.112. The molecule has 1 fully saturated rings. The van der Waals surface area contributed by atoms with Gasteiger partial charge in [0.2, 0.25) is 5.95 Å². The van der Waals surface area contributed by atoms with Gasteiger partial charge in [-0.25, -0.2) is 9.97 Å². The van der Waals surface area contributed by atoms with Gasteiger partial charge >= 0.3 is 0 Å². The first-order chi connectivity index (χ1) is 10.3. The number of methoxy groups -OCH3 is 1. The summed E-state index contributed by atoms with van der Waals surface area (Å²) < 4.78 is 11.1. The Balaban J connectivity index is 2.22. The summed E-state index contributed by atoms with van der Waals surface area (Å²) >= 11 is 0. The molecule has 1 aliphatic heterocycles. The molecule has 2 rings (SSSR count). The molecule has 0 saturated carbocycles. The first kappa shape index (κ1) is 16.6. The Hall–Kier alpha value is -1.73. The standard InChI is InChI=1S/C15H24N4O3/c1-10-6-12(18-14(16-4)17-10)13(20)19-7-11(8-21-5)22-15(2,3)9-19/h6,11H,7-9H2,1-5H3,(H,16,17,18)/t11-/m0/s1. The summed E-state index contributed by atoms with van der Waals surface area (Å²) in [6, 6.07) is 1.71. The number of ether oxygens (including phenoxy) is 2. The number of nitrogens with zero attached hydrogens (tertiary/aromatic N) is 3. The van der Waals surface area contributed by atoms with Crippen LogP contribution in [-0.2, 0) is 9.47 Å². The third-order valence-corrected chi connectivity index (χ3v) is 3.42. The van der Waals surface area contributed by atoms with Crippen molar-refractivity contribution in [3.8, 4) is 0 Å². The van der Waals surface area contributed by atoms with E-state index >= 15 is 0 Å². The van der Waals surface area contributed by atoms with Gasteiger partial charge in [0.05, 0.1) is 18.3 Å². The number of carbonyl (C=O) groups is 1. The van der Waals surface area contributed by atoms with Crippen LogP contribution in [0.5, 0.6) is 0 Å². The van der Waals surface area contributed by atoms with Gasteiger partial charge in [0.1, 0.15) is 5.69 Å². The van der Waals surface area contributed by atoms with E-state index in [-0.39, 0.29) is 12.0 Å². The van der Waals surface area contributed by atoms with Gasteiger partial charge < -0.3 is 19.7 Å². The van der Waals surface area contributed by atoms with Crippen molar-refractivity contribution in [3.05, 3.63) is 17.5 Å². The third-order valence-electron chi connectivity index (χ3n) is 3.42. The summed E-state index contributed by atoms with van der Waals surface area (Å²) in [5.41, 5.74) is 0.736. The molecule has 122 valence electrons. The van der Waals surface area contributed by atoms with Gasteiger partial charge in [-0.05, 0) is 26.8 Å². The number of hydrogen-bond acceptors (Lipinski definition) is 6. The van der Waals surface area contributed by atoms with Crippen LogP contribution in [0, 0.1) is 6.92 Å². The predicted molar refractivity (Wildman–Crippen MR) is 83.0 cm³/mol. The third kappa shape index (κ3) is 3.92. The molecule has 0 spiro atoms. The van der Waals surface area contributed by atoms with Crippen molar-refractivity contribution in [1.29, 1.82) is 0 Å². The Kier molecular flexibility index (Phi) is 4.97. The Bertz CT molecular complexity index is 548. The van der Waals surface area contributed by atoms with Crippen LogP contribution in [0.25, 0.3) is 0 Å². The fourth-order valence-corrected chi connectivity index (χ4v) is 2.67. The lowest BCUT2D eigenvalue weighted by molar-refractivity contribution is -0.143. The van der Waals surface area contributed by atoms with Crippen LogP contribution >= 0.6 is 0 Å². The molecular weight excluding hydrogens is 284 g/mol. The lowest BCUT2D eigenvalue weighted by Crippen LogP contribution is -2.55. The molecule has 0 aliphatic carbocycles. The van der Waals surface area contributed by atoms with Crippen LogP contribution in [0.1, 0.15) is 30.0 Å². The molecule has 7 nitrogen and oxygen atoms in total. The van der Waals surface area contributed by atoms with Gasteiger partial charge in [-0.3, -0.25) is 4.79 Å². The number of morpholine rings is 1. The van der Waals surface area contributed by atoms with Gasteiger partial charge in [-0.15, -0.1) is 0 Å². The summed E-state index contributed by atoms with van der Waals surface area (Å²) in [5.74, 6) is 0.337. The van der Waals surface area contributed by atoms with E-state index in [9.17, 15) is 4.79 Å². The van der Waals surface area contributed by atoms with Gasteiger partial charge in [0, 0.05) is 32.9 Å². The SMILES string of the molecule is CNc1nc(C)cc(C(=O)N2C[C@@H](COC)OC(C)(C)C2)n1. The van der Waals surface area contributed by atoms with Gasteiger partial charge in [-0.2, -0.15) is 0 Å². The van der Waals surface area contributed by atoms with E-state index < -0.39 is 5.60 Å². The average Bonchev–Trinajstić information content (AvgIpc) is 2.44. The molecule has 1 saturated heterocycles. The van der Waals surface area contributed by atoms with Gasteiger partial charge in [-0.1, -0.05) is 0 Å². The summed E-state index contributed by atoms with van der Waals surface area (Å²) in [6.07, 6.45) is -0.135. The molecule has 1 atom stereocenters. The highest BCUT2D eigenvalue weighted by atomic mass is 16.5. The molecule has 0 bridgehead atoms. The number of hydrogen-bond donors (Lipinski definition) is 1. The van der Waals surface area contributed by atoms with Gasteiger partial charge in [0.25, 0.3) is 5.91 Å². The first-order valence-corrected chi connectivity index (χ1v) is 7.34. The van der Waals surface area contributed by atoms with E-state index in [0.29, 0.717) is 31.3 Å². The number of rotatable bonds is 4. The molecule has 1 amide bonds. The number of nitrogens with one attached hydrogen (secondary N) is 1. The first-order valence-electron chi connectivity index (χ1n) is 7.34. The number of carbonyl (C=O) groups excluding carboxylic acids is 1. The highest BCUT2D eigenvalue weighted by molar-refractivity contribution is 5.92. The van der Waals surface area contributed by atoms with Crippen LogP contribution in [0.15, 0.2) is 6.07 Å². The van der Waals surface area contributed by atoms with Crippen LogP contribution in [0.2, 0.25) is 0 Å². The summed E-state index contributed by atoms with van der Waals surface area (Å²) in [6.45, 7) is 7.25. The molecule has 2 heterocycles. The minimum atomic E-state index is -0.412. The topological polar surface area (TPSA) is 76.6 Å². The lowest BCUT2D eigenvalue weighted by atomic mass is 10.0. The lowest BCUT2D eigenvalue weighted by Gasteiger charge is -2.42. The quantitative estimate of drug-likeness (QED) is 0.897. The Morgan fingerprint density at radius 1 is 1.55 bits per heavy atom. The number of amides is 1. The molecule has 1 aromatic rings. The van der Waals surface area contributed by atoms with E-state index in [1.807, 2.05) is 20.8 Å². The van der Waals surface area contributed by atoms with E-state index in [0.717, 1.165) is 5.69 Å². The minimum Gasteiger partial charge on any atom is -0.382 e. The molecule has 1 aromatic heterocycles. The maximum Gasteiger partial charge on any atom is 0.272 e. The van der Waals surface area contributed by atoms with Crippen molar-refractivity contribution >= 4 is 11.9 Å². The fourth-order valence-electron chi connectivity index (χ4n) is 2.67. The second-order valence-electron chi connectivity index (χ2n) is 6.11. The summed E-state index contributed by atoms with van der Waals surface area (Å²) in [7, 11) is 3.36. The van der Waals surface area contributed by atoms with E-state index in [2.05, 4.69) is 15.3 Å². The monoisotopic (exact) mass is 308 g/mol. The Morgan fingerprint density at radius 2 is 2.27 bits per heavy atom. The molecule has 1 N–H and O–H groups in total. The highest BCUT2D eigenvalue weighted by Gasteiger charge is 2.36. The van der Waals surface area contributed by atoms with Crippen molar-refractivity contribution in [1.82, 2.24) is 14.9 Å². The fraction of sp³-hybridized carbons (Fsp3) is 0.667. The molecular formula is C15H24N4O3. The smallest absolute Gasteiger partial charge is 0.272 e. The Labute approximate surface area is 131 Å². The molecule has 0 unspecified atom stereocenters. The zero-order valence-electron chi connectivity index (χ0n) is 13.8. The molecule has 7 heteroatoms. The van der Waals surface area contributed by atoms with Crippen molar-refractivity contribution < 1.29 is 14.3 Å². The summed E-state index contributed by atoms with van der Waals surface area (Å²) in [4.78, 5) is 23.0. The summed E-state index contributed by atoms with van der Waals surface area (Å²) in [5, 5.41) is 2.87. The normalized spacial score (nSPS) is 20.8. The number of anilines is 1. The second kappa shape index (κ2) is 6.58. The van der Waals surface area contributed by atoms with Crippen LogP contribution in [-0.4, -0.2) is 66.3 Å². The molecule has 22 heavy (non-hydrogen) atoms. The number of aromatic nitrogens is 2. The molecule has 0 aromatic carbocycles. The maximum atomic E-state index is 12.8. The zero-order chi connectivity index (χ0) is 16.3. The second-order valence-corrected chi connectivity index (χ2v) is 6.11. The highest BCUT2D eigenvalue weighted by Crippen LogP contribution is 2.22. The Morgan fingerprint density at radius 3 is 2.91 bits per heavy atom. The predicted octanol–water partition coefficient (Wildman–Crippen LogP) is 1.09. The van der Waals surface area contributed by atoms with Crippen molar-refractivity contribution in [2.24, 2.45) is 0 Å². The van der Waals surface area contributed by atoms with E-state index in [1.165, 1.54) is 0 Å². The van der Waals surface area contributed by atoms with Crippen LogP contribution < -0.4 is 5.32 Å². The largest absolute Gasteiger partial charge is 0.382 e. The zero-order valence-corrected chi connectivity index (χ0v) is 13.8.